The van der Waals surface area contributed by atoms with Gasteiger partial charge in [0, 0.05) is 31.1 Å². The molecule has 1 aromatic carbocycles. The second kappa shape index (κ2) is 10.6. The summed E-state index contributed by atoms with van der Waals surface area (Å²) in [7, 11) is 3.72. The van der Waals surface area contributed by atoms with Gasteiger partial charge in [0.2, 0.25) is 11.8 Å². The van der Waals surface area contributed by atoms with Crippen LogP contribution in [0, 0.1) is 0 Å². The maximum atomic E-state index is 12.9. The molecule has 0 spiro atoms. The number of halogens is 3. The van der Waals surface area contributed by atoms with E-state index in [-0.39, 0.29) is 36.7 Å². The molecular formula is C22H28F3N3O4. The average molecular weight is 455 g/mol. The minimum absolute atomic E-state index is 0.0916. The van der Waals surface area contributed by atoms with E-state index in [1.165, 1.54) is 24.0 Å². The molecule has 1 aliphatic rings. The summed E-state index contributed by atoms with van der Waals surface area (Å²) in [6.45, 7) is 4.02. The predicted octanol–water partition coefficient (Wildman–Crippen LogP) is 2.54. The van der Waals surface area contributed by atoms with Crippen molar-refractivity contribution in [2.45, 2.75) is 32.4 Å². The van der Waals surface area contributed by atoms with Crippen molar-refractivity contribution in [3.05, 3.63) is 46.7 Å². The van der Waals surface area contributed by atoms with E-state index in [1.54, 1.807) is 6.92 Å². The number of esters is 1. The number of hydrogen-bond acceptors (Lipinski definition) is 5. The van der Waals surface area contributed by atoms with Crippen LogP contribution in [0.25, 0.3) is 0 Å². The van der Waals surface area contributed by atoms with Crippen LogP contribution in [0.15, 0.2) is 35.5 Å². The average Bonchev–Trinajstić information content (AvgIpc) is 2.70. The van der Waals surface area contributed by atoms with Crippen molar-refractivity contribution in [2.24, 2.45) is 0 Å². The minimum Gasteiger partial charge on any atom is -0.463 e. The number of nitrogens with one attached hydrogen (secondary N) is 1. The smallest absolute Gasteiger partial charge is 0.416 e. The van der Waals surface area contributed by atoms with Gasteiger partial charge in [0.15, 0.2) is 0 Å². The number of likely N-dealkylation sites (N-methyl/N-ethyl adjacent to an activating group) is 1. The molecule has 1 aromatic rings. The number of benzene rings is 1. The fourth-order valence-electron chi connectivity index (χ4n) is 3.48. The Morgan fingerprint density at radius 1 is 1.22 bits per heavy atom. The zero-order valence-electron chi connectivity index (χ0n) is 18.6. The Kier molecular flexibility index (Phi) is 8.43. The van der Waals surface area contributed by atoms with Crippen molar-refractivity contribution in [3.63, 3.8) is 0 Å². The molecule has 0 aromatic heterocycles. The van der Waals surface area contributed by atoms with E-state index in [4.69, 9.17) is 4.74 Å². The van der Waals surface area contributed by atoms with Gasteiger partial charge in [0.25, 0.3) is 0 Å². The van der Waals surface area contributed by atoms with E-state index in [2.05, 4.69) is 5.32 Å². The monoisotopic (exact) mass is 455 g/mol. The SMILES string of the molecule is CCOC(=O)C1=C(C)N(CC(=O)NCCN(C)C)C(=O)CC1c1ccc(C(F)(F)F)cc1. The molecule has 2 amide bonds. The maximum absolute atomic E-state index is 12.9. The van der Waals surface area contributed by atoms with Crippen molar-refractivity contribution in [2.75, 3.05) is 40.3 Å². The van der Waals surface area contributed by atoms with Crippen LogP contribution in [0.1, 0.15) is 37.3 Å². The van der Waals surface area contributed by atoms with Crippen molar-refractivity contribution in [1.29, 1.82) is 0 Å². The van der Waals surface area contributed by atoms with Gasteiger partial charge in [-0.1, -0.05) is 12.1 Å². The quantitative estimate of drug-likeness (QED) is 0.610. The normalized spacial score (nSPS) is 17.1. The third-order valence-electron chi connectivity index (χ3n) is 5.14. The van der Waals surface area contributed by atoms with Crippen LogP contribution in [0.3, 0.4) is 0 Å². The van der Waals surface area contributed by atoms with Gasteiger partial charge in [-0.2, -0.15) is 13.2 Å². The topological polar surface area (TPSA) is 79.0 Å². The molecule has 1 aliphatic heterocycles. The number of nitrogens with zero attached hydrogens (tertiary/aromatic N) is 2. The molecule has 0 saturated heterocycles. The highest BCUT2D eigenvalue weighted by Gasteiger charge is 2.38. The molecule has 1 heterocycles. The summed E-state index contributed by atoms with van der Waals surface area (Å²) in [5, 5.41) is 2.72. The summed E-state index contributed by atoms with van der Waals surface area (Å²) in [5.41, 5.74) is -0.0127. The zero-order valence-corrected chi connectivity index (χ0v) is 18.6. The number of hydrogen-bond donors (Lipinski definition) is 1. The predicted molar refractivity (Wildman–Crippen MR) is 111 cm³/mol. The first kappa shape index (κ1) is 25.4. The van der Waals surface area contributed by atoms with Gasteiger partial charge in [-0.3, -0.25) is 9.59 Å². The van der Waals surface area contributed by atoms with E-state index in [0.717, 1.165) is 12.1 Å². The van der Waals surface area contributed by atoms with Gasteiger partial charge in [-0.15, -0.1) is 0 Å². The summed E-state index contributed by atoms with van der Waals surface area (Å²) in [6.07, 6.45) is -4.66. The first-order chi connectivity index (χ1) is 15.0. The molecule has 0 aliphatic carbocycles. The van der Waals surface area contributed by atoms with Gasteiger partial charge in [0.05, 0.1) is 17.7 Å². The Hall–Kier alpha value is -2.88. The summed E-state index contributed by atoms with van der Waals surface area (Å²) < 4.78 is 43.9. The van der Waals surface area contributed by atoms with E-state index in [9.17, 15) is 27.6 Å². The molecule has 10 heteroatoms. The number of carbonyl (C=O) groups excluding carboxylic acids is 3. The molecule has 176 valence electrons. The van der Waals surface area contributed by atoms with Gasteiger partial charge in [0.1, 0.15) is 6.54 Å². The Labute approximate surface area is 185 Å². The second-order valence-electron chi connectivity index (χ2n) is 7.73. The molecule has 2 rings (SSSR count). The van der Waals surface area contributed by atoms with Crippen LogP contribution >= 0.6 is 0 Å². The molecular weight excluding hydrogens is 427 g/mol. The number of rotatable bonds is 8. The lowest BCUT2D eigenvalue weighted by atomic mass is 9.83. The summed E-state index contributed by atoms with van der Waals surface area (Å²) in [5.74, 6) is -2.21. The van der Waals surface area contributed by atoms with E-state index in [0.29, 0.717) is 18.7 Å². The Bertz CT molecular complexity index is 879. The minimum atomic E-state index is -4.49. The molecule has 32 heavy (non-hydrogen) atoms. The third-order valence-corrected chi connectivity index (χ3v) is 5.14. The zero-order chi connectivity index (χ0) is 24.1. The third kappa shape index (κ3) is 6.32. The standard InChI is InChI=1S/C22H28F3N3O4/c1-5-32-21(31)20-14(2)28(13-18(29)26-10-11-27(3)4)19(30)12-17(20)15-6-8-16(9-7-15)22(23,24)25/h6-9,17H,5,10-13H2,1-4H3,(H,26,29). The highest BCUT2D eigenvalue weighted by Crippen LogP contribution is 2.38. The summed E-state index contributed by atoms with van der Waals surface area (Å²) in [4.78, 5) is 40.9. The molecule has 1 N–H and O–H groups in total. The lowest BCUT2D eigenvalue weighted by molar-refractivity contribution is -0.141. The number of amides is 2. The van der Waals surface area contributed by atoms with Crippen LogP contribution in [0.4, 0.5) is 13.2 Å². The number of alkyl halides is 3. The van der Waals surface area contributed by atoms with Crippen LogP contribution in [0.5, 0.6) is 0 Å². The Balaban J connectivity index is 2.34. The van der Waals surface area contributed by atoms with Crippen molar-refractivity contribution < 1.29 is 32.3 Å². The molecule has 0 radical (unpaired) electrons. The number of carbonyl (C=O) groups is 3. The first-order valence-corrected chi connectivity index (χ1v) is 10.2. The van der Waals surface area contributed by atoms with Crippen LogP contribution in [-0.4, -0.2) is 67.9 Å². The van der Waals surface area contributed by atoms with Crippen LogP contribution in [0.2, 0.25) is 0 Å². The largest absolute Gasteiger partial charge is 0.463 e. The number of ether oxygens (including phenoxy) is 1. The van der Waals surface area contributed by atoms with E-state index < -0.39 is 29.5 Å². The van der Waals surface area contributed by atoms with Crippen molar-refractivity contribution in [3.8, 4) is 0 Å². The second-order valence-corrected chi connectivity index (χ2v) is 7.73. The van der Waals surface area contributed by atoms with Crippen molar-refractivity contribution in [1.82, 2.24) is 15.1 Å². The molecule has 0 bridgehead atoms. The van der Waals surface area contributed by atoms with Gasteiger partial charge >= 0.3 is 12.1 Å². The van der Waals surface area contributed by atoms with Gasteiger partial charge in [-0.05, 0) is 45.6 Å². The molecule has 0 fully saturated rings. The lowest BCUT2D eigenvalue weighted by Gasteiger charge is -2.34. The lowest BCUT2D eigenvalue weighted by Crippen LogP contribution is -2.45. The molecule has 1 atom stereocenters. The maximum Gasteiger partial charge on any atom is 0.416 e. The number of allylic oxidation sites excluding steroid dienone is 1. The highest BCUT2D eigenvalue weighted by atomic mass is 19.4. The first-order valence-electron chi connectivity index (χ1n) is 10.2. The Morgan fingerprint density at radius 2 is 1.84 bits per heavy atom. The fraction of sp³-hybridized carbons (Fsp3) is 0.500. The fourth-order valence-corrected chi connectivity index (χ4v) is 3.48. The van der Waals surface area contributed by atoms with Crippen molar-refractivity contribution >= 4 is 17.8 Å². The van der Waals surface area contributed by atoms with Gasteiger partial charge < -0.3 is 19.9 Å². The molecule has 0 saturated carbocycles. The molecule has 1 unspecified atom stereocenters. The summed E-state index contributed by atoms with van der Waals surface area (Å²) in [6, 6.07) is 4.36. The van der Waals surface area contributed by atoms with E-state index >= 15 is 0 Å². The summed E-state index contributed by atoms with van der Waals surface area (Å²) >= 11 is 0. The molecule has 7 nitrogen and oxygen atoms in total. The Morgan fingerprint density at radius 3 is 2.38 bits per heavy atom. The van der Waals surface area contributed by atoms with Crippen LogP contribution in [-0.2, 0) is 25.3 Å². The van der Waals surface area contributed by atoms with Crippen LogP contribution < -0.4 is 5.32 Å². The highest BCUT2D eigenvalue weighted by molar-refractivity contribution is 5.97. The van der Waals surface area contributed by atoms with Gasteiger partial charge in [-0.25, -0.2) is 4.79 Å². The van der Waals surface area contributed by atoms with E-state index in [1.807, 2.05) is 19.0 Å².